The Balaban J connectivity index is 1.68. The zero-order chi connectivity index (χ0) is 13.9. The Morgan fingerprint density at radius 1 is 1.42 bits per heavy atom. The average Bonchev–Trinajstić information content (AvgIpc) is 3.09. The summed E-state index contributed by atoms with van der Waals surface area (Å²) in [4.78, 5) is 11.8. The summed E-state index contributed by atoms with van der Waals surface area (Å²) < 4.78 is 0. The number of aliphatic hydroxyl groups excluding tert-OH is 1. The van der Waals surface area contributed by atoms with Crippen LogP contribution in [0.1, 0.15) is 58.8 Å². The van der Waals surface area contributed by atoms with Gasteiger partial charge < -0.3 is 15.7 Å². The van der Waals surface area contributed by atoms with Gasteiger partial charge in [-0.15, -0.1) is 0 Å². The molecule has 0 aromatic heterocycles. The third kappa shape index (κ3) is 3.85. The Kier molecular flexibility index (Phi) is 4.71. The van der Waals surface area contributed by atoms with Crippen LogP contribution in [0.5, 0.6) is 0 Å². The first-order valence-corrected chi connectivity index (χ1v) is 7.77. The second-order valence-electron chi connectivity index (χ2n) is 6.63. The molecule has 2 rings (SSSR count). The molecule has 110 valence electrons. The number of urea groups is 1. The van der Waals surface area contributed by atoms with Crippen LogP contribution in [-0.2, 0) is 0 Å². The lowest BCUT2D eigenvalue weighted by atomic mass is 9.73. The lowest BCUT2D eigenvalue weighted by Crippen LogP contribution is -2.48. The van der Waals surface area contributed by atoms with E-state index in [0.717, 1.165) is 32.1 Å². The summed E-state index contributed by atoms with van der Waals surface area (Å²) in [5, 5.41) is 16.1. The van der Waals surface area contributed by atoms with Gasteiger partial charge in [0, 0.05) is 18.0 Å². The second kappa shape index (κ2) is 6.12. The summed E-state index contributed by atoms with van der Waals surface area (Å²) in [6.45, 7) is 4.83. The van der Waals surface area contributed by atoms with Crippen molar-refractivity contribution in [1.82, 2.24) is 10.6 Å². The molecule has 4 atom stereocenters. The molecular formula is C15H28N2O2. The van der Waals surface area contributed by atoms with Crippen molar-refractivity contribution in [3.8, 4) is 0 Å². The lowest BCUT2D eigenvalue weighted by molar-refractivity contribution is 0.00308. The predicted octanol–water partition coefficient (Wildman–Crippen LogP) is 2.42. The summed E-state index contributed by atoms with van der Waals surface area (Å²) in [6.07, 6.45) is 7.35. The molecule has 0 aliphatic heterocycles. The van der Waals surface area contributed by atoms with Gasteiger partial charge in [0.2, 0.25) is 0 Å². The van der Waals surface area contributed by atoms with Crippen LogP contribution in [0, 0.1) is 11.3 Å². The molecule has 0 aromatic carbocycles. The molecule has 2 aliphatic rings. The third-order valence-electron chi connectivity index (χ3n) is 4.83. The van der Waals surface area contributed by atoms with Crippen LogP contribution in [0.4, 0.5) is 4.79 Å². The number of aliphatic hydroxyl groups is 1. The lowest BCUT2D eigenvalue weighted by Gasteiger charge is -2.38. The zero-order valence-electron chi connectivity index (χ0n) is 12.2. The maximum absolute atomic E-state index is 11.8. The van der Waals surface area contributed by atoms with Crippen molar-refractivity contribution in [2.75, 3.05) is 6.54 Å². The van der Waals surface area contributed by atoms with Crippen molar-refractivity contribution in [3.05, 3.63) is 0 Å². The number of carbonyl (C=O) groups is 1. The van der Waals surface area contributed by atoms with E-state index in [1.807, 2.05) is 0 Å². The van der Waals surface area contributed by atoms with Gasteiger partial charge in [-0.05, 0) is 31.6 Å². The minimum atomic E-state index is -0.282. The van der Waals surface area contributed by atoms with E-state index < -0.39 is 0 Å². The van der Waals surface area contributed by atoms with E-state index in [1.165, 1.54) is 12.8 Å². The number of hydrogen-bond acceptors (Lipinski definition) is 2. The highest BCUT2D eigenvalue weighted by atomic mass is 16.3. The predicted molar refractivity (Wildman–Crippen MR) is 75.9 cm³/mol. The van der Waals surface area contributed by atoms with Gasteiger partial charge in [-0.3, -0.25) is 0 Å². The summed E-state index contributed by atoms with van der Waals surface area (Å²) in [6, 6.07) is 0.312. The molecule has 4 heteroatoms. The SMILES string of the molecule is CCCC1CC1NC(=O)NCC1(C)CCCCC1O. The molecule has 4 unspecified atom stereocenters. The first-order valence-electron chi connectivity index (χ1n) is 7.77. The molecule has 0 heterocycles. The van der Waals surface area contributed by atoms with Crippen molar-refractivity contribution in [3.63, 3.8) is 0 Å². The van der Waals surface area contributed by atoms with Gasteiger partial charge in [0.1, 0.15) is 0 Å². The Morgan fingerprint density at radius 3 is 2.89 bits per heavy atom. The van der Waals surface area contributed by atoms with Gasteiger partial charge in [0.15, 0.2) is 0 Å². The van der Waals surface area contributed by atoms with E-state index in [4.69, 9.17) is 0 Å². The van der Waals surface area contributed by atoms with Crippen molar-refractivity contribution >= 4 is 6.03 Å². The van der Waals surface area contributed by atoms with Crippen LogP contribution in [0.15, 0.2) is 0 Å². The van der Waals surface area contributed by atoms with Crippen LogP contribution in [0.2, 0.25) is 0 Å². The number of amides is 2. The van der Waals surface area contributed by atoms with Gasteiger partial charge in [-0.1, -0.05) is 33.1 Å². The van der Waals surface area contributed by atoms with Gasteiger partial charge in [-0.2, -0.15) is 0 Å². The number of hydrogen-bond donors (Lipinski definition) is 3. The summed E-state index contributed by atoms with van der Waals surface area (Å²) in [5.74, 6) is 0.687. The Morgan fingerprint density at radius 2 is 2.21 bits per heavy atom. The Bertz CT molecular complexity index is 321. The standard InChI is InChI=1S/C15H28N2O2/c1-3-6-11-9-12(11)17-14(19)16-10-15(2)8-5-4-7-13(15)18/h11-13,18H,3-10H2,1-2H3,(H2,16,17,19). The highest BCUT2D eigenvalue weighted by Crippen LogP contribution is 2.36. The van der Waals surface area contributed by atoms with E-state index in [0.29, 0.717) is 18.5 Å². The molecular weight excluding hydrogens is 240 g/mol. The van der Waals surface area contributed by atoms with Crippen LogP contribution in [0.3, 0.4) is 0 Å². The van der Waals surface area contributed by atoms with Gasteiger partial charge in [-0.25, -0.2) is 4.79 Å². The maximum Gasteiger partial charge on any atom is 0.315 e. The van der Waals surface area contributed by atoms with E-state index in [9.17, 15) is 9.90 Å². The molecule has 3 N–H and O–H groups in total. The number of rotatable bonds is 5. The molecule has 2 aliphatic carbocycles. The van der Waals surface area contributed by atoms with Gasteiger partial charge >= 0.3 is 6.03 Å². The third-order valence-corrected chi connectivity index (χ3v) is 4.83. The summed E-state index contributed by atoms with van der Waals surface area (Å²) in [5.41, 5.74) is -0.151. The number of nitrogens with one attached hydrogen (secondary N) is 2. The van der Waals surface area contributed by atoms with Gasteiger partial charge in [0.25, 0.3) is 0 Å². The second-order valence-corrected chi connectivity index (χ2v) is 6.63. The first-order chi connectivity index (χ1) is 9.05. The molecule has 0 bridgehead atoms. The Hall–Kier alpha value is -0.770. The zero-order valence-corrected chi connectivity index (χ0v) is 12.2. The minimum Gasteiger partial charge on any atom is -0.392 e. The van der Waals surface area contributed by atoms with Crippen molar-refractivity contribution < 1.29 is 9.90 Å². The molecule has 2 fully saturated rings. The fourth-order valence-corrected chi connectivity index (χ4v) is 3.20. The fraction of sp³-hybridized carbons (Fsp3) is 0.933. The maximum atomic E-state index is 11.8. The van der Waals surface area contributed by atoms with E-state index in [2.05, 4.69) is 24.5 Å². The molecule has 19 heavy (non-hydrogen) atoms. The van der Waals surface area contributed by atoms with Gasteiger partial charge in [0.05, 0.1) is 6.10 Å². The van der Waals surface area contributed by atoms with E-state index >= 15 is 0 Å². The van der Waals surface area contributed by atoms with Crippen LogP contribution >= 0.6 is 0 Å². The molecule has 0 spiro atoms. The highest BCUT2D eigenvalue weighted by molar-refractivity contribution is 5.74. The Labute approximate surface area is 116 Å². The molecule has 2 amide bonds. The largest absolute Gasteiger partial charge is 0.392 e. The smallest absolute Gasteiger partial charge is 0.315 e. The van der Waals surface area contributed by atoms with Crippen LogP contribution in [-0.4, -0.2) is 29.8 Å². The summed E-state index contributed by atoms with van der Waals surface area (Å²) >= 11 is 0. The average molecular weight is 268 g/mol. The monoisotopic (exact) mass is 268 g/mol. The molecule has 4 nitrogen and oxygen atoms in total. The van der Waals surface area contributed by atoms with Crippen LogP contribution < -0.4 is 10.6 Å². The molecule has 0 aromatic rings. The molecule has 2 saturated carbocycles. The molecule has 0 saturated heterocycles. The normalized spacial score (nSPS) is 37.7. The topological polar surface area (TPSA) is 61.4 Å². The minimum absolute atomic E-state index is 0.0670. The van der Waals surface area contributed by atoms with Crippen molar-refractivity contribution in [2.45, 2.75) is 70.9 Å². The quantitative estimate of drug-likeness (QED) is 0.717. The van der Waals surface area contributed by atoms with E-state index in [-0.39, 0.29) is 17.6 Å². The molecule has 0 radical (unpaired) electrons. The fourth-order valence-electron chi connectivity index (χ4n) is 3.20. The van der Waals surface area contributed by atoms with Crippen molar-refractivity contribution in [1.29, 1.82) is 0 Å². The van der Waals surface area contributed by atoms with Crippen molar-refractivity contribution in [2.24, 2.45) is 11.3 Å². The highest BCUT2D eigenvalue weighted by Gasteiger charge is 2.38. The van der Waals surface area contributed by atoms with Crippen LogP contribution in [0.25, 0.3) is 0 Å². The first kappa shape index (κ1) is 14.6. The summed E-state index contributed by atoms with van der Waals surface area (Å²) in [7, 11) is 0. The van der Waals surface area contributed by atoms with E-state index in [1.54, 1.807) is 0 Å². The number of carbonyl (C=O) groups excluding carboxylic acids is 1.